The van der Waals surface area contributed by atoms with E-state index in [0.717, 1.165) is 24.9 Å². The van der Waals surface area contributed by atoms with Gasteiger partial charge in [0.1, 0.15) is 0 Å². The Labute approximate surface area is 181 Å². The number of carbonyl (C=O) groups excluding carboxylic acids is 2. The summed E-state index contributed by atoms with van der Waals surface area (Å²) in [5.74, 6) is 1.03. The Morgan fingerprint density at radius 3 is 2.58 bits per heavy atom. The Morgan fingerprint density at radius 2 is 1.87 bits per heavy atom. The molecule has 1 fully saturated rings. The maximum atomic E-state index is 12.7. The topological polar surface area (TPSA) is 88.3 Å². The minimum Gasteiger partial charge on any atom is -0.334 e. The van der Waals surface area contributed by atoms with E-state index in [1.165, 1.54) is 12.5 Å². The van der Waals surface area contributed by atoms with Crippen LogP contribution in [0.15, 0.2) is 53.1 Å². The number of hydrogen-bond acceptors (Lipinski definition) is 6. The minimum absolute atomic E-state index is 0.00580. The van der Waals surface area contributed by atoms with E-state index >= 15 is 0 Å². The Hall–Kier alpha value is -3.32. The average Bonchev–Trinajstić information content (AvgIpc) is 3.23. The number of aryl methyl sites for hydroxylation is 1. The summed E-state index contributed by atoms with van der Waals surface area (Å²) in [4.78, 5) is 30.9. The van der Waals surface area contributed by atoms with E-state index in [1.54, 1.807) is 24.3 Å². The summed E-state index contributed by atoms with van der Waals surface area (Å²) < 4.78 is 5.42. The van der Waals surface area contributed by atoms with Gasteiger partial charge in [-0.25, -0.2) is 0 Å². The van der Waals surface area contributed by atoms with Gasteiger partial charge in [0, 0.05) is 23.4 Å². The van der Waals surface area contributed by atoms with E-state index in [4.69, 9.17) is 4.52 Å². The lowest BCUT2D eigenvalue weighted by Gasteiger charge is -2.31. The van der Waals surface area contributed by atoms with Gasteiger partial charge in [-0.3, -0.25) is 14.5 Å². The largest absolute Gasteiger partial charge is 0.334 e. The number of ketones is 1. The number of Topliss-reactive ketones (excluding diaryl/α,β-unsaturated/α-hetero) is 1. The number of carbonyl (C=O) groups is 2. The summed E-state index contributed by atoms with van der Waals surface area (Å²) in [6, 6.07) is 15.0. The first-order valence-electron chi connectivity index (χ1n) is 10.5. The highest BCUT2D eigenvalue weighted by Gasteiger charge is 2.27. The zero-order chi connectivity index (χ0) is 21.8. The molecule has 160 valence electrons. The monoisotopic (exact) mass is 418 g/mol. The molecule has 0 saturated carbocycles. The predicted molar refractivity (Wildman–Crippen MR) is 118 cm³/mol. The summed E-state index contributed by atoms with van der Waals surface area (Å²) in [6.07, 6.45) is 1.78. The van der Waals surface area contributed by atoms with Crippen molar-refractivity contribution >= 4 is 17.4 Å². The fourth-order valence-corrected chi connectivity index (χ4v) is 3.78. The highest BCUT2D eigenvalue weighted by atomic mass is 16.5. The molecule has 31 heavy (non-hydrogen) atoms. The number of nitrogens with one attached hydrogen (secondary N) is 1. The molecule has 7 nitrogen and oxygen atoms in total. The summed E-state index contributed by atoms with van der Waals surface area (Å²) >= 11 is 0. The molecule has 1 N–H and O–H groups in total. The molecule has 2 heterocycles. The van der Waals surface area contributed by atoms with Crippen LogP contribution in [0.1, 0.15) is 41.5 Å². The van der Waals surface area contributed by atoms with Crippen molar-refractivity contribution in [2.45, 2.75) is 33.2 Å². The van der Waals surface area contributed by atoms with Gasteiger partial charge in [0.25, 0.3) is 5.89 Å². The molecule has 1 atom stereocenters. The lowest BCUT2D eigenvalue weighted by molar-refractivity contribution is -0.121. The van der Waals surface area contributed by atoms with E-state index in [2.05, 4.69) is 20.4 Å². The van der Waals surface area contributed by atoms with Crippen LogP contribution in [0.3, 0.4) is 0 Å². The van der Waals surface area contributed by atoms with Crippen molar-refractivity contribution in [1.82, 2.24) is 15.0 Å². The summed E-state index contributed by atoms with van der Waals surface area (Å²) in [5.41, 5.74) is 3.41. The quantitative estimate of drug-likeness (QED) is 0.607. The molecule has 3 aromatic rings. The number of piperidine rings is 1. The molecule has 0 aliphatic carbocycles. The summed E-state index contributed by atoms with van der Waals surface area (Å²) in [6.45, 7) is 5.65. The van der Waals surface area contributed by atoms with Crippen molar-refractivity contribution in [2.75, 3.05) is 18.4 Å². The second kappa shape index (κ2) is 9.22. The zero-order valence-electron chi connectivity index (χ0n) is 17.8. The van der Waals surface area contributed by atoms with E-state index in [-0.39, 0.29) is 17.6 Å². The maximum absolute atomic E-state index is 12.7. The number of amides is 1. The van der Waals surface area contributed by atoms with Crippen LogP contribution in [0.25, 0.3) is 11.5 Å². The van der Waals surface area contributed by atoms with E-state index in [1.807, 2.05) is 31.2 Å². The highest BCUT2D eigenvalue weighted by Crippen LogP contribution is 2.22. The van der Waals surface area contributed by atoms with Crippen molar-refractivity contribution in [3.63, 3.8) is 0 Å². The van der Waals surface area contributed by atoms with Crippen LogP contribution in [-0.2, 0) is 11.3 Å². The smallest absolute Gasteiger partial charge is 0.257 e. The molecule has 0 bridgehead atoms. The molecule has 0 unspecified atom stereocenters. The third-order valence-electron chi connectivity index (χ3n) is 5.57. The number of aromatic nitrogens is 2. The van der Waals surface area contributed by atoms with E-state index < -0.39 is 0 Å². The van der Waals surface area contributed by atoms with Gasteiger partial charge in [-0.2, -0.15) is 4.98 Å². The number of anilines is 1. The Kier molecular flexibility index (Phi) is 6.23. The first-order valence-corrected chi connectivity index (χ1v) is 10.5. The molecule has 1 aromatic heterocycles. The molecule has 1 amide bonds. The summed E-state index contributed by atoms with van der Waals surface area (Å²) in [5, 5.41) is 7.08. The molecule has 1 saturated heterocycles. The van der Waals surface area contributed by atoms with Crippen LogP contribution in [0.5, 0.6) is 0 Å². The van der Waals surface area contributed by atoms with Gasteiger partial charge in [-0.1, -0.05) is 22.9 Å². The molecule has 0 spiro atoms. The normalized spacial score (nSPS) is 16.8. The average molecular weight is 418 g/mol. The van der Waals surface area contributed by atoms with Crippen LogP contribution in [0.4, 0.5) is 5.69 Å². The van der Waals surface area contributed by atoms with Crippen LogP contribution >= 0.6 is 0 Å². The number of nitrogens with zero attached hydrogens (tertiary/aromatic N) is 3. The standard InChI is InChI=1S/C24H26N4O3/c1-16-5-7-19(8-6-16)24-26-22(27-31-24)15-28-13-3-4-20(14-28)23(30)25-21-11-9-18(10-12-21)17(2)29/h5-12,20H,3-4,13-15H2,1-2H3,(H,25,30)/t20-/m1/s1. The SMILES string of the molecule is CC(=O)c1ccc(NC(=O)[C@@H]2CCCN(Cc3noc(-c4ccc(C)cc4)n3)C2)cc1. The van der Waals surface area contributed by atoms with Gasteiger partial charge in [0.15, 0.2) is 11.6 Å². The molecule has 0 radical (unpaired) electrons. The number of benzene rings is 2. The molecular formula is C24H26N4O3. The first-order chi connectivity index (χ1) is 15.0. The highest BCUT2D eigenvalue weighted by molar-refractivity contribution is 5.96. The van der Waals surface area contributed by atoms with Crippen molar-refractivity contribution in [3.8, 4) is 11.5 Å². The molecular weight excluding hydrogens is 392 g/mol. The van der Waals surface area contributed by atoms with Gasteiger partial charge in [-0.05, 0) is 69.6 Å². The van der Waals surface area contributed by atoms with Gasteiger partial charge in [-0.15, -0.1) is 0 Å². The second-order valence-corrected chi connectivity index (χ2v) is 8.08. The van der Waals surface area contributed by atoms with Gasteiger partial charge < -0.3 is 9.84 Å². The van der Waals surface area contributed by atoms with Crippen LogP contribution in [0.2, 0.25) is 0 Å². The maximum Gasteiger partial charge on any atom is 0.257 e. The lowest BCUT2D eigenvalue weighted by Crippen LogP contribution is -2.40. The minimum atomic E-state index is -0.107. The third kappa shape index (κ3) is 5.24. The molecule has 4 rings (SSSR count). The third-order valence-corrected chi connectivity index (χ3v) is 5.57. The molecule has 1 aliphatic heterocycles. The lowest BCUT2D eigenvalue weighted by atomic mass is 9.97. The molecule has 7 heteroatoms. The summed E-state index contributed by atoms with van der Waals surface area (Å²) in [7, 11) is 0. The predicted octanol–water partition coefficient (Wildman–Crippen LogP) is 4.10. The Balaban J connectivity index is 1.34. The van der Waals surface area contributed by atoms with Crippen LogP contribution in [0, 0.1) is 12.8 Å². The van der Waals surface area contributed by atoms with Crippen molar-refractivity contribution in [1.29, 1.82) is 0 Å². The van der Waals surface area contributed by atoms with Crippen molar-refractivity contribution in [2.24, 2.45) is 5.92 Å². The van der Waals surface area contributed by atoms with Gasteiger partial charge in [0.2, 0.25) is 5.91 Å². The number of likely N-dealkylation sites (tertiary alicyclic amines) is 1. The van der Waals surface area contributed by atoms with Crippen molar-refractivity contribution in [3.05, 3.63) is 65.5 Å². The Bertz CT molecular complexity index is 1060. The van der Waals surface area contributed by atoms with Gasteiger partial charge >= 0.3 is 0 Å². The van der Waals surface area contributed by atoms with Crippen molar-refractivity contribution < 1.29 is 14.1 Å². The van der Waals surface area contributed by atoms with E-state index in [0.29, 0.717) is 36.1 Å². The number of rotatable bonds is 6. The van der Waals surface area contributed by atoms with Crippen LogP contribution in [-0.4, -0.2) is 39.8 Å². The second-order valence-electron chi connectivity index (χ2n) is 8.08. The molecule has 1 aliphatic rings. The van der Waals surface area contributed by atoms with Crippen LogP contribution < -0.4 is 5.32 Å². The molecule has 2 aromatic carbocycles. The zero-order valence-corrected chi connectivity index (χ0v) is 17.8. The fraction of sp³-hybridized carbons (Fsp3) is 0.333. The van der Waals surface area contributed by atoms with E-state index in [9.17, 15) is 9.59 Å². The first kappa shape index (κ1) is 20.9. The Morgan fingerprint density at radius 1 is 1.13 bits per heavy atom. The van der Waals surface area contributed by atoms with Gasteiger partial charge in [0.05, 0.1) is 12.5 Å². The number of hydrogen-bond donors (Lipinski definition) is 1. The fourth-order valence-electron chi connectivity index (χ4n) is 3.78.